The first-order valence-electron chi connectivity index (χ1n) is 5.84. The predicted octanol–water partition coefficient (Wildman–Crippen LogP) is 2.13. The minimum absolute atomic E-state index is 0.0912. The standard InChI is InChI=1S/C11H17N3OS2/c1-2-16-9-5-3-4-7(9)13-10(15)8-6-17-11(12)14-8/h6-7,9H,2-5H2,1H3,(H2,12,14)(H,13,15). The highest BCUT2D eigenvalue weighted by molar-refractivity contribution is 7.99. The summed E-state index contributed by atoms with van der Waals surface area (Å²) in [5.41, 5.74) is 5.97. The van der Waals surface area contributed by atoms with Gasteiger partial charge in [-0.3, -0.25) is 4.79 Å². The topological polar surface area (TPSA) is 68.0 Å². The van der Waals surface area contributed by atoms with Gasteiger partial charge < -0.3 is 11.1 Å². The van der Waals surface area contributed by atoms with Crippen LogP contribution in [0.15, 0.2) is 5.38 Å². The third kappa shape index (κ3) is 3.13. The summed E-state index contributed by atoms with van der Waals surface area (Å²) in [5.74, 6) is 1.01. The fraction of sp³-hybridized carbons (Fsp3) is 0.636. The number of rotatable bonds is 4. The van der Waals surface area contributed by atoms with Crippen LogP contribution in [0.25, 0.3) is 0 Å². The average Bonchev–Trinajstić information content (AvgIpc) is 2.89. The van der Waals surface area contributed by atoms with Crippen LogP contribution in [0, 0.1) is 0 Å². The smallest absolute Gasteiger partial charge is 0.271 e. The lowest BCUT2D eigenvalue weighted by molar-refractivity contribution is 0.0934. The first kappa shape index (κ1) is 12.7. The highest BCUT2D eigenvalue weighted by Gasteiger charge is 2.29. The van der Waals surface area contributed by atoms with Crippen molar-refractivity contribution < 1.29 is 4.79 Å². The normalized spacial score (nSPS) is 23.8. The number of nitrogens with zero attached hydrogens (tertiary/aromatic N) is 1. The van der Waals surface area contributed by atoms with E-state index in [2.05, 4.69) is 17.2 Å². The second-order valence-electron chi connectivity index (χ2n) is 4.08. The molecule has 1 aliphatic carbocycles. The van der Waals surface area contributed by atoms with Gasteiger partial charge in [-0.15, -0.1) is 11.3 Å². The molecular weight excluding hydrogens is 254 g/mol. The first-order valence-corrected chi connectivity index (χ1v) is 7.77. The highest BCUT2D eigenvalue weighted by Crippen LogP contribution is 2.30. The van der Waals surface area contributed by atoms with Gasteiger partial charge in [-0.05, 0) is 18.6 Å². The van der Waals surface area contributed by atoms with Crippen LogP contribution >= 0.6 is 23.1 Å². The second-order valence-corrected chi connectivity index (χ2v) is 6.48. The van der Waals surface area contributed by atoms with E-state index in [0.717, 1.165) is 12.2 Å². The van der Waals surface area contributed by atoms with Gasteiger partial charge in [-0.1, -0.05) is 13.3 Å². The summed E-state index contributed by atoms with van der Waals surface area (Å²) in [7, 11) is 0. The molecular formula is C11H17N3OS2. The molecule has 1 aliphatic rings. The van der Waals surface area contributed by atoms with E-state index < -0.39 is 0 Å². The molecule has 0 saturated heterocycles. The summed E-state index contributed by atoms with van der Waals surface area (Å²) in [6.07, 6.45) is 3.47. The van der Waals surface area contributed by atoms with Crippen LogP contribution in [0.3, 0.4) is 0 Å². The molecule has 1 aromatic rings. The van der Waals surface area contributed by atoms with Crippen molar-refractivity contribution in [1.29, 1.82) is 0 Å². The van der Waals surface area contributed by atoms with Crippen LogP contribution in [-0.2, 0) is 0 Å². The number of aromatic nitrogens is 1. The van der Waals surface area contributed by atoms with Gasteiger partial charge in [0.15, 0.2) is 5.13 Å². The van der Waals surface area contributed by atoms with Crippen LogP contribution in [-0.4, -0.2) is 27.9 Å². The minimum Gasteiger partial charge on any atom is -0.375 e. The van der Waals surface area contributed by atoms with Gasteiger partial charge >= 0.3 is 0 Å². The maximum atomic E-state index is 11.9. The Balaban J connectivity index is 1.94. The molecule has 6 heteroatoms. The van der Waals surface area contributed by atoms with Gasteiger partial charge in [-0.2, -0.15) is 11.8 Å². The zero-order valence-electron chi connectivity index (χ0n) is 9.81. The van der Waals surface area contributed by atoms with E-state index in [1.807, 2.05) is 11.8 Å². The van der Waals surface area contributed by atoms with Crippen molar-refractivity contribution in [2.45, 2.75) is 37.5 Å². The lowest BCUT2D eigenvalue weighted by atomic mass is 10.2. The lowest BCUT2D eigenvalue weighted by Gasteiger charge is -2.19. The van der Waals surface area contributed by atoms with Crippen LogP contribution < -0.4 is 11.1 Å². The number of nitrogens with two attached hydrogens (primary N) is 1. The van der Waals surface area contributed by atoms with Crippen molar-refractivity contribution in [1.82, 2.24) is 10.3 Å². The Kier molecular flexibility index (Phi) is 4.28. The number of amides is 1. The zero-order valence-corrected chi connectivity index (χ0v) is 11.4. The quantitative estimate of drug-likeness (QED) is 0.880. The third-order valence-corrected chi connectivity index (χ3v) is 4.90. The summed E-state index contributed by atoms with van der Waals surface area (Å²) in [6, 6.07) is 0.287. The summed E-state index contributed by atoms with van der Waals surface area (Å²) in [4.78, 5) is 15.9. The number of hydrogen-bond donors (Lipinski definition) is 2. The van der Waals surface area contributed by atoms with Crippen molar-refractivity contribution in [3.63, 3.8) is 0 Å². The largest absolute Gasteiger partial charge is 0.375 e. The lowest BCUT2D eigenvalue weighted by Crippen LogP contribution is -2.38. The number of carbonyl (C=O) groups is 1. The molecule has 17 heavy (non-hydrogen) atoms. The Bertz CT molecular complexity index is 394. The Hall–Kier alpha value is -0.750. The van der Waals surface area contributed by atoms with E-state index in [-0.39, 0.29) is 11.9 Å². The molecule has 0 radical (unpaired) electrons. The monoisotopic (exact) mass is 271 g/mol. The van der Waals surface area contributed by atoms with E-state index in [4.69, 9.17) is 5.73 Å². The molecule has 0 spiro atoms. The minimum atomic E-state index is -0.0912. The Labute approximate surface area is 109 Å². The molecule has 1 amide bonds. The maximum Gasteiger partial charge on any atom is 0.271 e. The van der Waals surface area contributed by atoms with Crippen molar-refractivity contribution in [2.24, 2.45) is 0 Å². The Morgan fingerprint density at radius 2 is 2.53 bits per heavy atom. The molecule has 4 nitrogen and oxygen atoms in total. The number of thioether (sulfide) groups is 1. The zero-order chi connectivity index (χ0) is 12.3. The van der Waals surface area contributed by atoms with Crippen LogP contribution in [0.5, 0.6) is 0 Å². The first-order chi connectivity index (χ1) is 8.20. The molecule has 2 unspecified atom stereocenters. The van der Waals surface area contributed by atoms with Crippen LogP contribution in [0.1, 0.15) is 36.7 Å². The van der Waals surface area contributed by atoms with Gasteiger partial charge in [0, 0.05) is 16.7 Å². The number of thiazole rings is 1. The fourth-order valence-electron chi connectivity index (χ4n) is 2.14. The second kappa shape index (κ2) is 5.73. The number of hydrogen-bond acceptors (Lipinski definition) is 5. The third-order valence-electron chi connectivity index (χ3n) is 2.90. The molecule has 94 valence electrons. The predicted molar refractivity (Wildman–Crippen MR) is 73.6 cm³/mol. The Morgan fingerprint density at radius 1 is 1.71 bits per heavy atom. The van der Waals surface area contributed by atoms with Crippen molar-refractivity contribution in [3.05, 3.63) is 11.1 Å². The van der Waals surface area contributed by atoms with Gasteiger partial charge in [-0.25, -0.2) is 4.98 Å². The maximum absolute atomic E-state index is 11.9. The van der Waals surface area contributed by atoms with E-state index in [0.29, 0.717) is 16.1 Å². The van der Waals surface area contributed by atoms with E-state index in [1.54, 1.807) is 5.38 Å². The summed E-state index contributed by atoms with van der Waals surface area (Å²) >= 11 is 3.23. The van der Waals surface area contributed by atoms with Crippen molar-refractivity contribution in [3.8, 4) is 0 Å². The van der Waals surface area contributed by atoms with Crippen molar-refractivity contribution in [2.75, 3.05) is 11.5 Å². The molecule has 0 aliphatic heterocycles. The molecule has 1 aromatic heterocycles. The van der Waals surface area contributed by atoms with E-state index in [9.17, 15) is 4.79 Å². The number of anilines is 1. The molecule has 0 bridgehead atoms. The Morgan fingerprint density at radius 3 is 3.18 bits per heavy atom. The van der Waals surface area contributed by atoms with Crippen LogP contribution in [0.4, 0.5) is 5.13 Å². The van der Waals surface area contributed by atoms with Gasteiger partial charge in [0.2, 0.25) is 0 Å². The van der Waals surface area contributed by atoms with Gasteiger partial charge in [0.25, 0.3) is 5.91 Å². The summed E-state index contributed by atoms with van der Waals surface area (Å²) < 4.78 is 0. The van der Waals surface area contributed by atoms with E-state index >= 15 is 0 Å². The molecule has 0 aromatic carbocycles. The van der Waals surface area contributed by atoms with Crippen molar-refractivity contribution >= 4 is 34.1 Å². The molecule has 1 fully saturated rings. The summed E-state index contributed by atoms with van der Waals surface area (Å²) in [5, 5.41) is 5.78. The number of nitrogen functional groups attached to an aromatic ring is 1. The fourth-order valence-corrected chi connectivity index (χ4v) is 3.88. The van der Waals surface area contributed by atoms with Gasteiger partial charge in [0.1, 0.15) is 5.69 Å². The average molecular weight is 271 g/mol. The number of carbonyl (C=O) groups excluding carboxylic acids is 1. The SMILES string of the molecule is CCSC1CCCC1NC(=O)c1csc(N)n1. The van der Waals surface area contributed by atoms with Gasteiger partial charge in [0.05, 0.1) is 0 Å². The highest BCUT2D eigenvalue weighted by atomic mass is 32.2. The summed E-state index contributed by atoms with van der Waals surface area (Å²) in [6.45, 7) is 2.16. The molecule has 2 atom stereocenters. The molecule has 2 rings (SSSR count). The number of nitrogens with one attached hydrogen (secondary N) is 1. The molecule has 1 saturated carbocycles. The van der Waals surface area contributed by atoms with E-state index in [1.165, 1.54) is 24.2 Å². The molecule has 3 N–H and O–H groups in total. The van der Waals surface area contributed by atoms with Crippen LogP contribution in [0.2, 0.25) is 0 Å². The molecule has 1 heterocycles.